The molecule has 1 aliphatic carbocycles. The summed E-state index contributed by atoms with van der Waals surface area (Å²) < 4.78 is 4.76. The molecule has 0 spiro atoms. The standard InChI is InChI=1S/C40H47N11O4/c1-41-30-20-35(46-51-34(30)21-42-37(51)39(54)44-27-6-7-27)43-28-5-3-4-24(18-28)22-48-15-12-25(13-16-48)26-14-17-49(23-26)29-8-9-31-33(19-29)47(2)40(55)50(31)32-10-11-36(52)45-38(32)53/h3-5,8-9,18-21,25-27,32,41H,6-7,10-17,22-23H2,1-2H3,(H,43,46)(H,44,54)(H,45,52,53)/t26-,32?/m1/s1. The predicted molar refractivity (Wildman–Crippen MR) is 210 cm³/mol. The van der Waals surface area contributed by atoms with Gasteiger partial charge in [-0.2, -0.15) is 0 Å². The third kappa shape index (κ3) is 6.81. The molecule has 3 aromatic heterocycles. The molecule has 3 aliphatic heterocycles. The van der Waals surface area contributed by atoms with Gasteiger partial charge in [0.2, 0.25) is 17.6 Å². The van der Waals surface area contributed by atoms with Gasteiger partial charge in [0.15, 0.2) is 5.82 Å². The van der Waals surface area contributed by atoms with Crippen LogP contribution in [0.5, 0.6) is 0 Å². The van der Waals surface area contributed by atoms with Crippen LogP contribution in [0.4, 0.5) is 22.9 Å². The number of benzene rings is 2. The summed E-state index contributed by atoms with van der Waals surface area (Å²) >= 11 is 0. The molecule has 6 heterocycles. The minimum Gasteiger partial charge on any atom is -0.386 e. The van der Waals surface area contributed by atoms with E-state index in [0.29, 0.717) is 29.6 Å². The van der Waals surface area contributed by atoms with E-state index in [2.05, 4.69) is 66.4 Å². The highest BCUT2D eigenvalue weighted by atomic mass is 16.2. The first-order valence-electron chi connectivity index (χ1n) is 19.5. The van der Waals surface area contributed by atoms with Crippen molar-refractivity contribution in [2.24, 2.45) is 18.9 Å². The number of carbonyl (C=O) groups excluding carboxylic acids is 3. The second-order valence-electron chi connectivity index (χ2n) is 15.6. The van der Waals surface area contributed by atoms with Gasteiger partial charge in [-0.15, -0.1) is 5.10 Å². The Morgan fingerprint density at radius 1 is 0.909 bits per heavy atom. The lowest BCUT2D eigenvalue weighted by Gasteiger charge is -2.35. The highest BCUT2D eigenvalue weighted by molar-refractivity contribution is 6.00. The normalized spacial score (nSPS) is 21.0. The van der Waals surface area contributed by atoms with Gasteiger partial charge >= 0.3 is 5.69 Å². The monoisotopic (exact) mass is 745 g/mol. The summed E-state index contributed by atoms with van der Waals surface area (Å²) in [5.41, 5.74) is 6.10. The van der Waals surface area contributed by atoms with Crippen molar-refractivity contribution in [1.29, 1.82) is 0 Å². The Kier molecular flexibility index (Phi) is 9.03. The van der Waals surface area contributed by atoms with Crippen molar-refractivity contribution < 1.29 is 14.4 Å². The quantitative estimate of drug-likeness (QED) is 0.155. The van der Waals surface area contributed by atoms with Crippen LogP contribution < -0.4 is 31.9 Å². The number of hydrogen-bond acceptors (Lipinski definition) is 10. The van der Waals surface area contributed by atoms with E-state index in [0.717, 1.165) is 92.9 Å². The fourth-order valence-corrected chi connectivity index (χ4v) is 8.79. The molecule has 3 amide bonds. The fraction of sp³-hybridized carbons (Fsp3) is 0.450. The summed E-state index contributed by atoms with van der Waals surface area (Å²) in [4.78, 5) is 59.8. The van der Waals surface area contributed by atoms with Crippen LogP contribution in [0.25, 0.3) is 16.6 Å². The molecule has 5 aromatic rings. The molecular weight excluding hydrogens is 699 g/mol. The van der Waals surface area contributed by atoms with Crippen LogP contribution in [0.2, 0.25) is 0 Å². The van der Waals surface area contributed by atoms with Crippen LogP contribution in [0.15, 0.2) is 59.5 Å². The van der Waals surface area contributed by atoms with Gasteiger partial charge in [-0.25, -0.2) is 14.3 Å². The smallest absolute Gasteiger partial charge is 0.329 e. The molecule has 0 radical (unpaired) electrons. The summed E-state index contributed by atoms with van der Waals surface area (Å²) in [6.07, 6.45) is 7.71. The number of piperidine rings is 2. The van der Waals surface area contributed by atoms with Crippen LogP contribution in [-0.2, 0) is 23.2 Å². The molecule has 3 saturated heterocycles. The number of nitrogens with zero attached hydrogens (tertiary/aromatic N) is 7. The van der Waals surface area contributed by atoms with Crippen molar-refractivity contribution in [3.63, 3.8) is 0 Å². The average Bonchev–Trinajstić information content (AvgIpc) is 3.57. The number of amides is 3. The first-order chi connectivity index (χ1) is 26.7. The van der Waals surface area contributed by atoms with Gasteiger partial charge in [-0.3, -0.25) is 33.7 Å². The summed E-state index contributed by atoms with van der Waals surface area (Å²) in [5, 5.41) is 16.8. The lowest BCUT2D eigenvalue weighted by atomic mass is 9.83. The Labute approximate surface area is 318 Å². The van der Waals surface area contributed by atoms with Crippen molar-refractivity contribution >= 4 is 57.2 Å². The summed E-state index contributed by atoms with van der Waals surface area (Å²) in [7, 11) is 3.59. The largest absolute Gasteiger partial charge is 0.386 e. The van der Waals surface area contributed by atoms with E-state index in [1.54, 1.807) is 26.9 Å². The molecule has 2 atom stereocenters. The number of anilines is 4. The van der Waals surface area contributed by atoms with E-state index >= 15 is 0 Å². The number of imide groups is 1. The van der Waals surface area contributed by atoms with Gasteiger partial charge < -0.3 is 20.9 Å². The van der Waals surface area contributed by atoms with E-state index in [1.807, 2.05) is 25.2 Å². The molecule has 0 bridgehead atoms. The Bertz CT molecular complexity index is 2370. The van der Waals surface area contributed by atoms with E-state index < -0.39 is 11.9 Å². The number of fused-ring (bicyclic) bond motifs is 2. The lowest BCUT2D eigenvalue weighted by molar-refractivity contribution is -0.135. The third-order valence-corrected chi connectivity index (χ3v) is 12.0. The van der Waals surface area contributed by atoms with E-state index in [4.69, 9.17) is 5.10 Å². The van der Waals surface area contributed by atoms with Crippen molar-refractivity contribution in [2.45, 2.75) is 63.6 Å². The maximum Gasteiger partial charge on any atom is 0.329 e. The summed E-state index contributed by atoms with van der Waals surface area (Å²) in [5.74, 6) is 1.26. The fourth-order valence-electron chi connectivity index (χ4n) is 8.79. The Hall–Kier alpha value is -5.70. The number of carbonyl (C=O) groups is 3. The third-order valence-electron chi connectivity index (χ3n) is 12.0. The topological polar surface area (TPSA) is 163 Å². The minimum atomic E-state index is -0.683. The Morgan fingerprint density at radius 3 is 2.51 bits per heavy atom. The Morgan fingerprint density at radius 2 is 1.73 bits per heavy atom. The highest BCUT2D eigenvalue weighted by Gasteiger charge is 2.34. The molecule has 4 N–H and O–H groups in total. The first-order valence-corrected chi connectivity index (χ1v) is 19.5. The van der Waals surface area contributed by atoms with Gasteiger partial charge in [0.25, 0.3) is 5.91 Å². The average molecular weight is 746 g/mol. The summed E-state index contributed by atoms with van der Waals surface area (Å²) in [6.45, 7) is 4.95. The van der Waals surface area contributed by atoms with Gasteiger partial charge in [0, 0.05) is 63.6 Å². The molecule has 1 saturated carbocycles. The van der Waals surface area contributed by atoms with Gasteiger partial charge in [-0.05, 0) is 99.3 Å². The molecule has 286 valence electrons. The van der Waals surface area contributed by atoms with Crippen molar-refractivity contribution in [3.8, 4) is 0 Å². The highest BCUT2D eigenvalue weighted by Crippen LogP contribution is 2.36. The number of rotatable bonds is 10. The lowest BCUT2D eigenvalue weighted by Crippen LogP contribution is -2.44. The van der Waals surface area contributed by atoms with Crippen LogP contribution in [0, 0.1) is 11.8 Å². The number of aryl methyl sites for hydroxylation is 1. The zero-order chi connectivity index (χ0) is 37.8. The number of nitrogens with one attached hydrogen (secondary N) is 4. The first kappa shape index (κ1) is 35.0. The number of likely N-dealkylation sites (tertiary alicyclic amines) is 1. The molecule has 4 fully saturated rings. The van der Waals surface area contributed by atoms with Crippen LogP contribution in [0.1, 0.15) is 67.2 Å². The zero-order valence-electron chi connectivity index (χ0n) is 31.3. The summed E-state index contributed by atoms with van der Waals surface area (Å²) in [6, 6.07) is 16.0. The van der Waals surface area contributed by atoms with Crippen molar-refractivity contribution in [3.05, 3.63) is 76.6 Å². The molecule has 4 aliphatic rings. The number of imidazole rings is 2. The van der Waals surface area contributed by atoms with E-state index in [-0.39, 0.29) is 35.8 Å². The number of hydrogen-bond donors (Lipinski definition) is 4. The maximum absolute atomic E-state index is 13.3. The van der Waals surface area contributed by atoms with Crippen molar-refractivity contribution in [1.82, 2.24) is 39.3 Å². The molecule has 15 nitrogen and oxygen atoms in total. The maximum atomic E-state index is 13.3. The molecule has 2 aromatic carbocycles. The molecule has 55 heavy (non-hydrogen) atoms. The number of aromatic nitrogens is 5. The van der Waals surface area contributed by atoms with Gasteiger partial charge in [0.05, 0.1) is 22.9 Å². The van der Waals surface area contributed by atoms with Crippen LogP contribution >= 0.6 is 0 Å². The Balaban J connectivity index is 0.813. The van der Waals surface area contributed by atoms with Gasteiger partial charge in [0.1, 0.15) is 11.6 Å². The molecule has 1 unspecified atom stereocenters. The van der Waals surface area contributed by atoms with E-state index in [1.165, 1.54) is 5.56 Å². The van der Waals surface area contributed by atoms with Gasteiger partial charge in [-0.1, -0.05) is 12.1 Å². The second-order valence-corrected chi connectivity index (χ2v) is 15.6. The van der Waals surface area contributed by atoms with Crippen LogP contribution in [0.3, 0.4) is 0 Å². The zero-order valence-corrected chi connectivity index (χ0v) is 31.3. The van der Waals surface area contributed by atoms with Crippen LogP contribution in [-0.4, -0.2) is 85.6 Å². The molecular formula is C40H47N11O4. The predicted octanol–water partition coefficient (Wildman–Crippen LogP) is 3.78. The molecule has 9 rings (SSSR count). The minimum absolute atomic E-state index is 0.210. The second kappa shape index (κ2) is 14.2. The van der Waals surface area contributed by atoms with Crippen molar-refractivity contribution in [2.75, 3.05) is 48.8 Å². The molecule has 15 heteroatoms. The van der Waals surface area contributed by atoms with E-state index in [9.17, 15) is 19.2 Å². The SMILES string of the molecule is CNc1cc(Nc2cccc(CN3CCC([C@@H]4CCN(c5ccc6c(c5)n(C)c(=O)n6C5CCC(=O)NC5=O)C4)CC3)c2)nn2c(C(=O)NC3CC3)ncc12.